The number of anilines is 1. The molecule has 32 heavy (non-hydrogen) atoms. The van der Waals surface area contributed by atoms with Crippen molar-refractivity contribution in [1.82, 2.24) is 19.9 Å². The molecule has 1 amide bonds. The summed E-state index contributed by atoms with van der Waals surface area (Å²) in [6, 6.07) is 7.94. The average molecular weight is 434 g/mol. The Morgan fingerprint density at radius 2 is 1.94 bits per heavy atom. The van der Waals surface area contributed by atoms with Crippen LogP contribution in [0.2, 0.25) is 0 Å². The van der Waals surface area contributed by atoms with Gasteiger partial charge in [0, 0.05) is 55.6 Å². The Morgan fingerprint density at radius 1 is 1.19 bits per heavy atom. The standard InChI is InChI=1S/C25H31N5O2/c1-4-5-20-6-7-22(32-20)24(31)30-14-10-19(11-15-30)23-21(18-8-12-26-13-9-18)16-27-25(29-23)28-17(2)3/h6-9,12-13,16-17,19H,4-5,10-11,14-15H2,1-3H3,(H,27,28,29). The number of amides is 1. The Morgan fingerprint density at radius 3 is 2.62 bits per heavy atom. The Kier molecular flexibility index (Phi) is 6.83. The van der Waals surface area contributed by atoms with E-state index < -0.39 is 0 Å². The van der Waals surface area contributed by atoms with Crippen molar-refractivity contribution in [3.8, 4) is 11.1 Å². The molecule has 0 unspecified atom stereocenters. The molecule has 4 heterocycles. The number of rotatable bonds is 7. The molecule has 4 rings (SSSR count). The molecular weight excluding hydrogens is 402 g/mol. The van der Waals surface area contributed by atoms with Gasteiger partial charge in [0.25, 0.3) is 5.91 Å². The van der Waals surface area contributed by atoms with E-state index in [1.54, 1.807) is 18.5 Å². The number of piperidine rings is 1. The molecule has 1 aliphatic rings. The van der Waals surface area contributed by atoms with Crippen molar-refractivity contribution in [2.24, 2.45) is 0 Å². The number of likely N-dealkylation sites (tertiary alicyclic amines) is 1. The lowest BCUT2D eigenvalue weighted by molar-refractivity contribution is 0.0678. The predicted octanol–water partition coefficient (Wildman–Crippen LogP) is 4.92. The smallest absolute Gasteiger partial charge is 0.289 e. The first-order chi connectivity index (χ1) is 15.5. The van der Waals surface area contributed by atoms with Crippen LogP contribution < -0.4 is 5.32 Å². The third kappa shape index (κ3) is 4.98. The molecule has 0 atom stereocenters. The fourth-order valence-corrected chi connectivity index (χ4v) is 4.17. The van der Waals surface area contributed by atoms with E-state index in [1.807, 2.05) is 29.3 Å². The van der Waals surface area contributed by atoms with Crippen molar-refractivity contribution in [2.45, 2.75) is 58.4 Å². The Labute approximate surface area is 189 Å². The van der Waals surface area contributed by atoms with Crippen molar-refractivity contribution < 1.29 is 9.21 Å². The maximum Gasteiger partial charge on any atom is 0.289 e. The molecule has 7 nitrogen and oxygen atoms in total. The summed E-state index contributed by atoms with van der Waals surface area (Å²) in [6.07, 6.45) is 9.03. The van der Waals surface area contributed by atoms with Crippen LogP contribution in [-0.2, 0) is 6.42 Å². The Hall–Kier alpha value is -3.22. The van der Waals surface area contributed by atoms with Gasteiger partial charge in [-0.3, -0.25) is 9.78 Å². The summed E-state index contributed by atoms with van der Waals surface area (Å²) in [5.41, 5.74) is 3.12. The van der Waals surface area contributed by atoms with Gasteiger partial charge in [0.15, 0.2) is 5.76 Å². The zero-order valence-corrected chi connectivity index (χ0v) is 19.0. The predicted molar refractivity (Wildman–Crippen MR) is 125 cm³/mol. The minimum Gasteiger partial charge on any atom is -0.456 e. The van der Waals surface area contributed by atoms with Gasteiger partial charge in [-0.25, -0.2) is 9.97 Å². The summed E-state index contributed by atoms with van der Waals surface area (Å²) < 4.78 is 5.75. The van der Waals surface area contributed by atoms with E-state index in [2.05, 4.69) is 36.1 Å². The largest absolute Gasteiger partial charge is 0.456 e. The highest BCUT2D eigenvalue weighted by Gasteiger charge is 2.29. The van der Waals surface area contributed by atoms with Crippen LogP contribution in [0.3, 0.4) is 0 Å². The summed E-state index contributed by atoms with van der Waals surface area (Å²) in [6.45, 7) is 7.61. The quantitative estimate of drug-likeness (QED) is 0.569. The number of pyridine rings is 1. The van der Waals surface area contributed by atoms with Crippen molar-refractivity contribution in [2.75, 3.05) is 18.4 Å². The molecule has 1 aliphatic heterocycles. The monoisotopic (exact) mass is 433 g/mol. The third-order valence-electron chi connectivity index (χ3n) is 5.77. The molecule has 7 heteroatoms. The molecule has 1 fully saturated rings. The second kappa shape index (κ2) is 9.94. The minimum atomic E-state index is -0.0231. The van der Waals surface area contributed by atoms with Gasteiger partial charge in [-0.05, 0) is 62.9 Å². The molecular formula is C25H31N5O2. The molecule has 0 spiro atoms. The van der Waals surface area contributed by atoms with Gasteiger partial charge in [0.1, 0.15) is 5.76 Å². The highest BCUT2D eigenvalue weighted by Crippen LogP contribution is 2.34. The number of carbonyl (C=O) groups excluding carboxylic acids is 1. The Balaban J connectivity index is 1.52. The first-order valence-corrected chi connectivity index (χ1v) is 11.5. The Bertz CT molecular complexity index is 1040. The molecule has 1 saturated heterocycles. The highest BCUT2D eigenvalue weighted by atomic mass is 16.4. The molecule has 3 aromatic rings. The molecule has 168 valence electrons. The van der Waals surface area contributed by atoms with Crippen LogP contribution in [0.25, 0.3) is 11.1 Å². The van der Waals surface area contributed by atoms with E-state index in [4.69, 9.17) is 9.40 Å². The summed E-state index contributed by atoms with van der Waals surface area (Å²) in [5.74, 6) is 2.19. The van der Waals surface area contributed by atoms with Crippen molar-refractivity contribution in [1.29, 1.82) is 0 Å². The molecule has 0 radical (unpaired) electrons. The zero-order valence-electron chi connectivity index (χ0n) is 19.0. The van der Waals surface area contributed by atoms with Gasteiger partial charge in [0.05, 0.1) is 5.69 Å². The van der Waals surface area contributed by atoms with Crippen LogP contribution in [0.5, 0.6) is 0 Å². The molecule has 0 saturated carbocycles. The number of aryl methyl sites for hydroxylation is 1. The fraction of sp³-hybridized carbons (Fsp3) is 0.440. The van der Waals surface area contributed by atoms with Crippen LogP contribution in [-0.4, -0.2) is 44.9 Å². The number of aromatic nitrogens is 3. The van der Waals surface area contributed by atoms with Gasteiger partial charge in [-0.1, -0.05) is 6.92 Å². The van der Waals surface area contributed by atoms with Crippen molar-refractivity contribution >= 4 is 11.9 Å². The number of hydrogen-bond donors (Lipinski definition) is 1. The van der Waals surface area contributed by atoms with E-state index in [0.717, 1.165) is 48.3 Å². The first kappa shape index (κ1) is 22.0. The van der Waals surface area contributed by atoms with Crippen LogP contribution in [0, 0.1) is 0 Å². The first-order valence-electron chi connectivity index (χ1n) is 11.5. The van der Waals surface area contributed by atoms with E-state index in [9.17, 15) is 4.79 Å². The number of carbonyl (C=O) groups is 1. The fourth-order valence-electron chi connectivity index (χ4n) is 4.17. The molecule has 0 aromatic carbocycles. The topological polar surface area (TPSA) is 84.2 Å². The highest BCUT2D eigenvalue weighted by molar-refractivity contribution is 5.91. The van der Waals surface area contributed by atoms with Crippen LogP contribution in [0.1, 0.15) is 68.0 Å². The number of nitrogens with one attached hydrogen (secondary N) is 1. The number of hydrogen-bond acceptors (Lipinski definition) is 6. The van der Waals surface area contributed by atoms with E-state index in [1.165, 1.54) is 0 Å². The molecule has 3 aromatic heterocycles. The van der Waals surface area contributed by atoms with E-state index in [0.29, 0.717) is 24.8 Å². The summed E-state index contributed by atoms with van der Waals surface area (Å²) >= 11 is 0. The van der Waals surface area contributed by atoms with Gasteiger partial charge in [-0.2, -0.15) is 0 Å². The summed E-state index contributed by atoms with van der Waals surface area (Å²) in [7, 11) is 0. The normalized spacial score (nSPS) is 14.7. The van der Waals surface area contributed by atoms with E-state index >= 15 is 0 Å². The van der Waals surface area contributed by atoms with E-state index in [-0.39, 0.29) is 17.9 Å². The maximum atomic E-state index is 12.9. The lowest BCUT2D eigenvalue weighted by Crippen LogP contribution is -2.38. The van der Waals surface area contributed by atoms with Crippen molar-refractivity contribution in [3.05, 3.63) is 60.1 Å². The third-order valence-corrected chi connectivity index (χ3v) is 5.77. The van der Waals surface area contributed by atoms with Crippen LogP contribution in [0.15, 0.2) is 47.3 Å². The zero-order chi connectivity index (χ0) is 22.5. The maximum absolute atomic E-state index is 12.9. The lowest BCUT2D eigenvalue weighted by atomic mass is 9.89. The van der Waals surface area contributed by atoms with Gasteiger partial charge < -0.3 is 14.6 Å². The van der Waals surface area contributed by atoms with Crippen LogP contribution >= 0.6 is 0 Å². The lowest BCUT2D eigenvalue weighted by Gasteiger charge is -2.32. The molecule has 0 aliphatic carbocycles. The SMILES string of the molecule is CCCc1ccc(C(=O)N2CCC(c3nc(NC(C)C)ncc3-c3ccncc3)CC2)o1. The number of furan rings is 1. The molecule has 1 N–H and O–H groups in total. The molecule has 0 bridgehead atoms. The van der Waals surface area contributed by atoms with Gasteiger partial charge in [-0.15, -0.1) is 0 Å². The second-order valence-corrected chi connectivity index (χ2v) is 8.61. The minimum absolute atomic E-state index is 0.0231. The summed E-state index contributed by atoms with van der Waals surface area (Å²) in [5, 5.41) is 3.31. The number of nitrogens with zero attached hydrogens (tertiary/aromatic N) is 4. The summed E-state index contributed by atoms with van der Waals surface area (Å²) in [4.78, 5) is 28.4. The van der Waals surface area contributed by atoms with Gasteiger partial charge in [0.2, 0.25) is 5.95 Å². The van der Waals surface area contributed by atoms with Crippen molar-refractivity contribution in [3.63, 3.8) is 0 Å². The average Bonchev–Trinajstić information content (AvgIpc) is 3.28. The van der Waals surface area contributed by atoms with Crippen LogP contribution in [0.4, 0.5) is 5.95 Å². The van der Waals surface area contributed by atoms with Gasteiger partial charge >= 0.3 is 0 Å². The second-order valence-electron chi connectivity index (χ2n) is 8.61.